The van der Waals surface area contributed by atoms with Crippen LogP contribution in [0.2, 0.25) is 0 Å². The summed E-state index contributed by atoms with van der Waals surface area (Å²) < 4.78 is 6.27. The smallest absolute Gasteiger partial charge is 0.314 e. The van der Waals surface area contributed by atoms with E-state index in [1.54, 1.807) is 0 Å². The van der Waals surface area contributed by atoms with Gasteiger partial charge >= 0.3 is 6.03 Å². The topological polar surface area (TPSA) is 50.4 Å². The Balaban J connectivity index is 2.09. The van der Waals surface area contributed by atoms with Gasteiger partial charge in [0.25, 0.3) is 0 Å². The van der Waals surface area contributed by atoms with Crippen molar-refractivity contribution in [2.75, 3.05) is 26.3 Å². The normalized spacial score (nSPS) is 10.2. The van der Waals surface area contributed by atoms with Gasteiger partial charge in [-0.05, 0) is 31.4 Å². The fourth-order valence-corrected chi connectivity index (χ4v) is 2.08. The fraction of sp³-hybridized carbons (Fsp3) is 0.500. The highest BCUT2D eigenvalue weighted by Gasteiger charge is 2.01. The lowest BCUT2D eigenvalue weighted by Crippen LogP contribution is -2.37. The van der Waals surface area contributed by atoms with E-state index in [-0.39, 0.29) is 6.03 Å². The molecule has 4 nitrogen and oxygen atoms in total. The Bertz CT molecular complexity index is 385. The summed E-state index contributed by atoms with van der Waals surface area (Å²) in [7, 11) is 0. The second-order valence-electron chi connectivity index (χ2n) is 4.07. The van der Waals surface area contributed by atoms with Crippen molar-refractivity contribution in [3.05, 3.63) is 34.3 Å². The van der Waals surface area contributed by atoms with Gasteiger partial charge in [-0.3, -0.25) is 0 Å². The molecule has 0 aliphatic heterocycles. The van der Waals surface area contributed by atoms with Gasteiger partial charge in [-0.25, -0.2) is 4.79 Å². The van der Waals surface area contributed by atoms with Crippen LogP contribution in [0.3, 0.4) is 0 Å². The summed E-state index contributed by atoms with van der Waals surface area (Å²) in [4.78, 5) is 11.5. The van der Waals surface area contributed by atoms with Crippen molar-refractivity contribution in [2.24, 2.45) is 0 Å². The van der Waals surface area contributed by atoms with Crippen LogP contribution in [0.4, 0.5) is 4.79 Å². The summed E-state index contributed by atoms with van der Waals surface area (Å²) in [5, 5.41) is 5.64. The largest absolute Gasteiger partial charge is 0.382 e. The highest BCUT2D eigenvalue weighted by Crippen LogP contribution is 2.15. The molecule has 0 spiro atoms. The number of hydrogen-bond acceptors (Lipinski definition) is 2. The van der Waals surface area contributed by atoms with Crippen LogP contribution in [0, 0.1) is 0 Å². The number of carbonyl (C=O) groups excluding carboxylic acids is 1. The number of nitrogens with one attached hydrogen (secondary N) is 2. The molecule has 0 saturated carbocycles. The van der Waals surface area contributed by atoms with Gasteiger partial charge in [-0.15, -0.1) is 0 Å². The molecule has 1 aromatic rings. The van der Waals surface area contributed by atoms with Gasteiger partial charge in [-0.1, -0.05) is 34.1 Å². The lowest BCUT2D eigenvalue weighted by molar-refractivity contribution is 0.145. The van der Waals surface area contributed by atoms with Crippen LogP contribution in [0.15, 0.2) is 28.7 Å². The molecule has 5 heteroatoms. The minimum atomic E-state index is -0.122. The van der Waals surface area contributed by atoms with Crippen molar-refractivity contribution in [2.45, 2.75) is 19.8 Å². The van der Waals surface area contributed by atoms with Gasteiger partial charge in [0.15, 0.2) is 0 Å². The zero-order chi connectivity index (χ0) is 13.9. The van der Waals surface area contributed by atoms with Crippen molar-refractivity contribution in [1.29, 1.82) is 0 Å². The average molecular weight is 329 g/mol. The molecule has 0 saturated heterocycles. The Morgan fingerprint density at radius 2 is 2.00 bits per heavy atom. The van der Waals surface area contributed by atoms with E-state index in [0.717, 1.165) is 23.9 Å². The molecule has 1 rings (SSSR count). The minimum Gasteiger partial charge on any atom is -0.382 e. The maximum atomic E-state index is 11.5. The Hall–Kier alpha value is -1.07. The number of rotatable bonds is 8. The molecule has 1 aromatic carbocycles. The van der Waals surface area contributed by atoms with Gasteiger partial charge in [0.1, 0.15) is 0 Å². The van der Waals surface area contributed by atoms with Gasteiger partial charge in [-0.2, -0.15) is 0 Å². The lowest BCUT2D eigenvalue weighted by Gasteiger charge is -2.08. The summed E-state index contributed by atoms with van der Waals surface area (Å²) >= 11 is 3.49. The van der Waals surface area contributed by atoms with E-state index in [9.17, 15) is 4.79 Å². The average Bonchev–Trinajstić information content (AvgIpc) is 2.41. The number of hydrogen-bond donors (Lipinski definition) is 2. The molecule has 0 aliphatic carbocycles. The first-order valence-corrected chi connectivity index (χ1v) is 7.36. The zero-order valence-corrected chi connectivity index (χ0v) is 12.8. The van der Waals surface area contributed by atoms with E-state index in [1.165, 1.54) is 5.56 Å². The predicted octanol–water partition coefficient (Wildman–Crippen LogP) is 2.72. The second kappa shape index (κ2) is 9.81. The molecule has 106 valence electrons. The molecule has 0 aromatic heterocycles. The quantitative estimate of drug-likeness (QED) is 0.721. The highest BCUT2D eigenvalue weighted by molar-refractivity contribution is 9.10. The molecule has 0 atom stereocenters. The SMILES string of the molecule is CCOCCCNC(=O)NCCc1ccccc1Br. The minimum absolute atomic E-state index is 0.122. The number of ether oxygens (including phenoxy) is 1. The molecular formula is C14H21BrN2O2. The van der Waals surface area contributed by atoms with Crippen molar-refractivity contribution < 1.29 is 9.53 Å². The first-order chi connectivity index (χ1) is 9.24. The number of benzene rings is 1. The summed E-state index contributed by atoms with van der Waals surface area (Å²) in [6.45, 7) is 4.63. The van der Waals surface area contributed by atoms with Crippen LogP contribution in [-0.2, 0) is 11.2 Å². The first kappa shape index (κ1) is 16.0. The van der Waals surface area contributed by atoms with E-state index in [4.69, 9.17) is 4.74 Å². The number of urea groups is 1. The number of halogens is 1. The summed E-state index contributed by atoms with van der Waals surface area (Å²) in [6, 6.07) is 7.90. The maximum Gasteiger partial charge on any atom is 0.314 e. The fourth-order valence-electron chi connectivity index (χ4n) is 1.59. The molecule has 0 fully saturated rings. The number of carbonyl (C=O) groups is 1. The van der Waals surface area contributed by atoms with E-state index < -0.39 is 0 Å². The molecule has 0 bridgehead atoms. The molecule has 0 radical (unpaired) electrons. The van der Waals surface area contributed by atoms with Crippen LogP contribution in [0.5, 0.6) is 0 Å². The third-order valence-electron chi connectivity index (χ3n) is 2.59. The van der Waals surface area contributed by atoms with Crippen LogP contribution < -0.4 is 10.6 Å². The van der Waals surface area contributed by atoms with Gasteiger partial charge in [0.2, 0.25) is 0 Å². The Kier molecular flexibility index (Phi) is 8.25. The number of amides is 2. The van der Waals surface area contributed by atoms with Crippen LogP contribution >= 0.6 is 15.9 Å². The van der Waals surface area contributed by atoms with Gasteiger partial charge < -0.3 is 15.4 Å². The summed E-state index contributed by atoms with van der Waals surface area (Å²) in [5.41, 5.74) is 1.19. The molecule has 2 amide bonds. The van der Waals surface area contributed by atoms with E-state index in [0.29, 0.717) is 19.7 Å². The van der Waals surface area contributed by atoms with Crippen LogP contribution in [0.1, 0.15) is 18.9 Å². The van der Waals surface area contributed by atoms with E-state index in [1.807, 2.05) is 31.2 Å². The van der Waals surface area contributed by atoms with E-state index >= 15 is 0 Å². The molecule has 0 heterocycles. The summed E-state index contributed by atoms with van der Waals surface area (Å²) in [6.07, 6.45) is 1.65. The second-order valence-corrected chi connectivity index (χ2v) is 4.93. The third kappa shape index (κ3) is 7.18. The Labute approximate surface area is 123 Å². The van der Waals surface area contributed by atoms with Crippen LogP contribution in [-0.4, -0.2) is 32.3 Å². The van der Waals surface area contributed by atoms with Crippen molar-refractivity contribution >= 4 is 22.0 Å². The molecule has 2 N–H and O–H groups in total. The Morgan fingerprint density at radius 3 is 2.74 bits per heavy atom. The third-order valence-corrected chi connectivity index (χ3v) is 3.37. The Morgan fingerprint density at radius 1 is 1.26 bits per heavy atom. The summed E-state index contributed by atoms with van der Waals surface area (Å²) in [5.74, 6) is 0. The zero-order valence-electron chi connectivity index (χ0n) is 11.2. The monoisotopic (exact) mass is 328 g/mol. The standard InChI is InChI=1S/C14H21BrN2O2/c1-2-19-11-5-9-16-14(18)17-10-8-12-6-3-4-7-13(12)15/h3-4,6-7H,2,5,8-11H2,1H3,(H2,16,17,18). The maximum absolute atomic E-state index is 11.5. The predicted molar refractivity (Wildman–Crippen MR) is 80.4 cm³/mol. The first-order valence-electron chi connectivity index (χ1n) is 6.57. The van der Waals surface area contributed by atoms with Crippen molar-refractivity contribution in [3.8, 4) is 0 Å². The van der Waals surface area contributed by atoms with Crippen molar-refractivity contribution in [3.63, 3.8) is 0 Å². The van der Waals surface area contributed by atoms with E-state index in [2.05, 4.69) is 26.6 Å². The highest BCUT2D eigenvalue weighted by atomic mass is 79.9. The van der Waals surface area contributed by atoms with Gasteiger partial charge in [0.05, 0.1) is 0 Å². The van der Waals surface area contributed by atoms with Crippen LogP contribution in [0.25, 0.3) is 0 Å². The van der Waals surface area contributed by atoms with Crippen molar-refractivity contribution in [1.82, 2.24) is 10.6 Å². The molecule has 0 unspecified atom stereocenters. The van der Waals surface area contributed by atoms with Gasteiger partial charge in [0, 0.05) is 30.8 Å². The lowest BCUT2D eigenvalue weighted by atomic mass is 10.1. The molecule has 19 heavy (non-hydrogen) atoms. The molecule has 0 aliphatic rings. The molecular weight excluding hydrogens is 308 g/mol.